The van der Waals surface area contributed by atoms with E-state index in [4.69, 9.17) is 9.15 Å². The molecule has 0 saturated heterocycles. The molecule has 0 N–H and O–H groups in total. The minimum Gasteiger partial charge on any atom is -0.484 e. The van der Waals surface area contributed by atoms with E-state index in [2.05, 4.69) is 11.7 Å². The van der Waals surface area contributed by atoms with Crippen molar-refractivity contribution in [3.05, 3.63) is 53.0 Å². The summed E-state index contributed by atoms with van der Waals surface area (Å²) in [5.74, 6) is 0.991. The Morgan fingerprint density at radius 3 is 2.48 bits per heavy atom. The van der Waals surface area contributed by atoms with Gasteiger partial charge in [-0.05, 0) is 37.1 Å². The van der Waals surface area contributed by atoms with Crippen molar-refractivity contribution in [1.82, 2.24) is 4.90 Å². The maximum absolute atomic E-state index is 12.2. The maximum atomic E-state index is 12.2. The molecule has 1 amide bonds. The van der Waals surface area contributed by atoms with Crippen LogP contribution in [-0.2, 0) is 22.5 Å². The lowest BCUT2D eigenvalue weighted by Gasteiger charge is -2.16. The Bertz CT molecular complexity index is 733. The predicted molar refractivity (Wildman–Crippen MR) is 92.6 cm³/mol. The molecular formula is C19H23NO5. The number of hydrogen-bond donors (Lipinski definition) is 0. The number of methoxy groups -OCH3 is 1. The molecule has 2 aromatic rings. The molecule has 6 nitrogen and oxygen atoms in total. The summed E-state index contributed by atoms with van der Waals surface area (Å²) in [6, 6.07) is 9.25. The van der Waals surface area contributed by atoms with Gasteiger partial charge in [0.25, 0.3) is 5.91 Å². The van der Waals surface area contributed by atoms with E-state index in [1.807, 2.05) is 24.3 Å². The third-order valence-electron chi connectivity index (χ3n) is 3.89. The van der Waals surface area contributed by atoms with Crippen LogP contribution in [0.3, 0.4) is 0 Å². The van der Waals surface area contributed by atoms with Crippen LogP contribution in [0.4, 0.5) is 0 Å². The summed E-state index contributed by atoms with van der Waals surface area (Å²) in [6.45, 7) is 3.94. The molecule has 6 heteroatoms. The van der Waals surface area contributed by atoms with Crippen LogP contribution in [0.15, 0.2) is 34.7 Å². The van der Waals surface area contributed by atoms with Crippen LogP contribution >= 0.6 is 0 Å². The average Bonchev–Trinajstić information content (AvgIpc) is 2.99. The number of carbonyl (C=O) groups excluding carboxylic acids is 2. The van der Waals surface area contributed by atoms with E-state index in [1.165, 1.54) is 17.6 Å². The molecule has 0 aliphatic rings. The van der Waals surface area contributed by atoms with Crippen molar-refractivity contribution in [3.8, 4) is 5.75 Å². The van der Waals surface area contributed by atoms with E-state index >= 15 is 0 Å². The van der Waals surface area contributed by atoms with Crippen molar-refractivity contribution in [1.29, 1.82) is 0 Å². The van der Waals surface area contributed by atoms with Gasteiger partial charge in [-0.25, -0.2) is 4.79 Å². The first-order valence-electron chi connectivity index (χ1n) is 8.08. The lowest BCUT2D eigenvalue weighted by Crippen LogP contribution is -2.30. The Balaban J connectivity index is 1.90. The van der Waals surface area contributed by atoms with Gasteiger partial charge >= 0.3 is 5.97 Å². The lowest BCUT2D eigenvalue weighted by molar-refractivity contribution is -0.132. The van der Waals surface area contributed by atoms with E-state index in [-0.39, 0.29) is 19.1 Å². The molecule has 0 fully saturated rings. The third kappa shape index (κ3) is 4.86. The fraction of sp³-hybridized carbons (Fsp3) is 0.368. The van der Waals surface area contributed by atoms with Gasteiger partial charge in [-0.3, -0.25) is 4.79 Å². The molecule has 25 heavy (non-hydrogen) atoms. The molecule has 0 atom stereocenters. The molecule has 1 aromatic heterocycles. The van der Waals surface area contributed by atoms with E-state index in [0.29, 0.717) is 22.8 Å². The molecule has 0 unspecified atom stereocenters. The summed E-state index contributed by atoms with van der Waals surface area (Å²) in [6.07, 6.45) is 0.956. The zero-order chi connectivity index (χ0) is 18.4. The molecule has 0 aliphatic carbocycles. The number of nitrogens with zero attached hydrogens (tertiary/aromatic N) is 1. The first-order chi connectivity index (χ1) is 11.9. The number of ether oxygens (including phenoxy) is 2. The van der Waals surface area contributed by atoms with Crippen molar-refractivity contribution in [3.63, 3.8) is 0 Å². The Hall–Kier alpha value is -2.76. The molecule has 0 spiro atoms. The number of aryl methyl sites for hydroxylation is 2. The first kappa shape index (κ1) is 18.6. The number of benzene rings is 1. The summed E-state index contributed by atoms with van der Waals surface area (Å²) in [5.41, 5.74) is 1.58. The van der Waals surface area contributed by atoms with Crippen LogP contribution in [0.5, 0.6) is 5.75 Å². The minimum atomic E-state index is -0.458. The van der Waals surface area contributed by atoms with Gasteiger partial charge in [0.2, 0.25) is 0 Å². The molecule has 1 heterocycles. The van der Waals surface area contributed by atoms with Gasteiger partial charge in [0.05, 0.1) is 13.7 Å². The Morgan fingerprint density at radius 1 is 1.20 bits per heavy atom. The Morgan fingerprint density at radius 2 is 1.88 bits per heavy atom. The molecule has 0 saturated carbocycles. The zero-order valence-electron chi connectivity index (χ0n) is 15.0. The zero-order valence-corrected chi connectivity index (χ0v) is 15.0. The highest BCUT2D eigenvalue weighted by Gasteiger charge is 2.18. The van der Waals surface area contributed by atoms with Gasteiger partial charge in [-0.2, -0.15) is 0 Å². The average molecular weight is 345 g/mol. The largest absolute Gasteiger partial charge is 0.484 e. The number of amides is 1. The quantitative estimate of drug-likeness (QED) is 0.722. The molecule has 2 rings (SSSR count). The van der Waals surface area contributed by atoms with Gasteiger partial charge in [-0.1, -0.05) is 19.1 Å². The van der Waals surface area contributed by atoms with E-state index in [1.54, 1.807) is 20.0 Å². The third-order valence-corrected chi connectivity index (χ3v) is 3.89. The highest BCUT2D eigenvalue weighted by molar-refractivity contribution is 5.90. The summed E-state index contributed by atoms with van der Waals surface area (Å²) >= 11 is 0. The standard InChI is InChI=1S/C19H23NO5/c1-5-14-6-8-15(9-7-14)24-12-18(21)20(3)11-16-10-17(13(2)25-16)19(22)23-4/h6-10H,5,11-12H2,1-4H3. The van der Waals surface area contributed by atoms with Crippen molar-refractivity contribution >= 4 is 11.9 Å². The van der Waals surface area contributed by atoms with Gasteiger partial charge in [0.1, 0.15) is 22.8 Å². The Kier molecular flexibility index (Phi) is 6.22. The van der Waals surface area contributed by atoms with Gasteiger partial charge in [0.15, 0.2) is 6.61 Å². The molecule has 0 aliphatic heterocycles. The summed E-state index contributed by atoms with van der Waals surface area (Å²) in [5, 5.41) is 0. The van der Waals surface area contributed by atoms with E-state index < -0.39 is 5.97 Å². The number of esters is 1. The first-order valence-corrected chi connectivity index (χ1v) is 8.08. The summed E-state index contributed by atoms with van der Waals surface area (Å²) in [7, 11) is 2.97. The number of rotatable bonds is 7. The predicted octanol–water partition coefficient (Wildman–Crippen LogP) is 2.97. The fourth-order valence-electron chi connectivity index (χ4n) is 2.33. The van der Waals surface area contributed by atoms with Crippen molar-refractivity contribution in [2.45, 2.75) is 26.8 Å². The summed E-state index contributed by atoms with van der Waals surface area (Å²) in [4.78, 5) is 25.3. The lowest BCUT2D eigenvalue weighted by atomic mass is 10.2. The SMILES string of the molecule is CCc1ccc(OCC(=O)N(C)Cc2cc(C(=O)OC)c(C)o2)cc1. The molecule has 134 valence electrons. The highest BCUT2D eigenvalue weighted by atomic mass is 16.5. The van der Waals surface area contributed by atoms with Gasteiger partial charge < -0.3 is 18.8 Å². The van der Waals surface area contributed by atoms with Crippen molar-refractivity contribution in [2.24, 2.45) is 0 Å². The Labute approximate surface area is 147 Å². The van der Waals surface area contributed by atoms with Crippen LogP contribution in [0, 0.1) is 6.92 Å². The normalized spacial score (nSPS) is 10.4. The minimum absolute atomic E-state index is 0.0640. The van der Waals surface area contributed by atoms with E-state index in [9.17, 15) is 9.59 Å². The second-order valence-corrected chi connectivity index (χ2v) is 5.71. The second kappa shape index (κ2) is 8.37. The molecule has 1 aromatic carbocycles. The van der Waals surface area contributed by atoms with Crippen LogP contribution in [0.2, 0.25) is 0 Å². The van der Waals surface area contributed by atoms with Crippen LogP contribution in [0.1, 0.15) is 34.4 Å². The molecular weight excluding hydrogens is 322 g/mol. The molecule has 0 bridgehead atoms. The molecule has 0 radical (unpaired) electrons. The van der Waals surface area contributed by atoms with Crippen LogP contribution < -0.4 is 4.74 Å². The summed E-state index contributed by atoms with van der Waals surface area (Å²) < 4.78 is 15.7. The van der Waals surface area contributed by atoms with Gasteiger partial charge in [-0.15, -0.1) is 0 Å². The van der Waals surface area contributed by atoms with Crippen LogP contribution in [-0.4, -0.2) is 37.5 Å². The highest BCUT2D eigenvalue weighted by Crippen LogP contribution is 2.17. The van der Waals surface area contributed by atoms with Gasteiger partial charge in [0, 0.05) is 7.05 Å². The fourth-order valence-corrected chi connectivity index (χ4v) is 2.33. The monoisotopic (exact) mass is 345 g/mol. The van der Waals surface area contributed by atoms with Crippen molar-refractivity contribution in [2.75, 3.05) is 20.8 Å². The topological polar surface area (TPSA) is 69.0 Å². The van der Waals surface area contributed by atoms with Crippen LogP contribution in [0.25, 0.3) is 0 Å². The van der Waals surface area contributed by atoms with E-state index in [0.717, 1.165) is 6.42 Å². The smallest absolute Gasteiger partial charge is 0.341 e. The number of carbonyl (C=O) groups is 2. The number of likely N-dealkylation sites (N-methyl/N-ethyl adjacent to an activating group) is 1. The number of furan rings is 1. The van der Waals surface area contributed by atoms with Crippen molar-refractivity contribution < 1.29 is 23.5 Å². The second-order valence-electron chi connectivity index (χ2n) is 5.71. The maximum Gasteiger partial charge on any atom is 0.341 e. The number of hydrogen-bond acceptors (Lipinski definition) is 5.